The lowest BCUT2D eigenvalue weighted by Gasteiger charge is -2.43. The van der Waals surface area contributed by atoms with Crippen LogP contribution in [0, 0.1) is 0 Å². The van der Waals surface area contributed by atoms with Crippen molar-refractivity contribution in [2.45, 2.75) is 54.8 Å². The topological polar surface area (TPSA) is 236 Å². The molecule has 2 heterocycles. The highest BCUT2D eigenvalue weighted by Crippen LogP contribution is 2.40. The highest BCUT2D eigenvalue weighted by molar-refractivity contribution is 7.46. The van der Waals surface area contributed by atoms with Gasteiger partial charge in [-0.1, -0.05) is 0 Å². The number of hydrogen-bond donors (Lipinski definition) is 9. The van der Waals surface area contributed by atoms with Gasteiger partial charge in [-0.25, -0.2) is 4.57 Å². The fourth-order valence-electron chi connectivity index (χ4n) is 2.79. The zero-order valence-corrected chi connectivity index (χ0v) is 14.6. The Balaban J connectivity index is 2.15. The molecule has 14 nitrogen and oxygen atoms in total. The van der Waals surface area contributed by atoms with E-state index >= 15 is 0 Å². The molecule has 0 aromatic carbocycles. The highest BCUT2D eigenvalue weighted by atomic mass is 31.2. The van der Waals surface area contributed by atoms with Gasteiger partial charge in [-0.05, 0) is 0 Å². The van der Waals surface area contributed by atoms with Crippen LogP contribution in [0.1, 0.15) is 0 Å². The van der Waals surface area contributed by atoms with E-state index in [0.717, 1.165) is 0 Å². The van der Waals surface area contributed by atoms with Crippen LogP contribution < -0.4 is 0 Å². The molecule has 9 N–H and O–H groups in total. The van der Waals surface area contributed by atoms with Gasteiger partial charge < -0.3 is 59.7 Å². The zero-order chi connectivity index (χ0) is 20.6. The van der Waals surface area contributed by atoms with Gasteiger partial charge in [0, 0.05) is 0 Å². The van der Waals surface area contributed by atoms with Gasteiger partial charge in [0.1, 0.15) is 49.3 Å². The first-order chi connectivity index (χ1) is 12.5. The first-order valence-electron chi connectivity index (χ1n) is 7.79. The third-order valence-electron chi connectivity index (χ3n) is 4.30. The molecule has 0 aromatic heterocycles. The van der Waals surface area contributed by atoms with E-state index in [-0.39, 0.29) is 0 Å². The van der Waals surface area contributed by atoms with E-state index in [4.69, 9.17) is 29.1 Å². The maximum atomic E-state index is 10.8. The van der Waals surface area contributed by atoms with Gasteiger partial charge in [0.25, 0.3) is 0 Å². The maximum Gasteiger partial charge on any atom is 0.469 e. The molecule has 2 aliphatic rings. The van der Waals surface area contributed by atoms with Crippen LogP contribution in [0.5, 0.6) is 0 Å². The molecule has 160 valence electrons. The van der Waals surface area contributed by atoms with Crippen molar-refractivity contribution in [3.05, 3.63) is 0 Å². The summed E-state index contributed by atoms with van der Waals surface area (Å²) >= 11 is 0. The predicted octanol–water partition coefficient (Wildman–Crippen LogP) is -5.28. The van der Waals surface area contributed by atoms with Crippen molar-refractivity contribution in [1.82, 2.24) is 0 Å². The van der Waals surface area contributed by atoms with Crippen molar-refractivity contribution < 1.29 is 68.8 Å². The molecule has 0 bridgehead atoms. The van der Waals surface area contributed by atoms with E-state index in [0.29, 0.717) is 0 Å². The molecule has 27 heavy (non-hydrogen) atoms. The number of aliphatic hydroxyl groups is 7. The van der Waals surface area contributed by atoms with Gasteiger partial charge in [0.2, 0.25) is 5.79 Å². The molecule has 0 saturated carbocycles. The quantitative estimate of drug-likeness (QED) is 0.174. The minimum Gasteiger partial charge on any atom is -0.394 e. The fourth-order valence-corrected chi connectivity index (χ4v) is 3.13. The molecule has 15 heteroatoms. The van der Waals surface area contributed by atoms with Crippen LogP contribution >= 0.6 is 7.82 Å². The van der Waals surface area contributed by atoms with Crippen LogP contribution in [0.15, 0.2) is 0 Å². The third kappa shape index (κ3) is 4.83. The Morgan fingerprint density at radius 2 is 1.56 bits per heavy atom. The van der Waals surface area contributed by atoms with Crippen molar-refractivity contribution in [1.29, 1.82) is 0 Å². The van der Waals surface area contributed by atoms with E-state index < -0.39 is 82.4 Å². The first-order valence-corrected chi connectivity index (χ1v) is 9.32. The Hall–Kier alpha value is -0.290. The lowest BCUT2D eigenvalue weighted by Crippen LogP contribution is -2.62. The third-order valence-corrected chi connectivity index (χ3v) is 4.78. The van der Waals surface area contributed by atoms with Gasteiger partial charge in [-0.3, -0.25) is 4.52 Å². The van der Waals surface area contributed by atoms with Crippen molar-refractivity contribution in [3.63, 3.8) is 0 Å². The van der Waals surface area contributed by atoms with E-state index in [2.05, 4.69) is 4.52 Å². The number of ether oxygens (including phenoxy) is 3. The Labute approximate surface area is 152 Å². The summed E-state index contributed by atoms with van der Waals surface area (Å²) in [7, 11) is -4.92. The highest BCUT2D eigenvalue weighted by Gasteiger charge is 2.58. The van der Waals surface area contributed by atoms with Crippen LogP contribution in [-0.4, -0.2) is 120 Å². The van der Waals surface area contributed by atoms with Crippen molar-refractivity contribution in [2.75, 3.05) is 19.8 Å². The molecule has 2 saturated heterocycles. The summed E-state index contributed by atoms with van der Waals surface area (Å²) in [5.41, 5.74) is 0. The smallest absolute Gasteiger partial charge is 0.394 e. The van der Waals surface area contributed by atoms with E-state index in [9.17, 15) is 35.2 Å². The zero-order valence-electron chi connectivity index (χ0n) is 13.8. The molecular formula is C12H23O14P. The summed E-state index contributed by atoms with van der Waals surface area (Å²) in [5, 5.41) is 68.3. The molecule has 0 radical (unpaired) electrons. The summed E-state index contributed by atoms with van der Waals surface area (Å²) in [6, 6.07) is 0. The first kappa shape index (κ1) is 23.0. The summed E-state index contributed by atoms with van der Waals surface area (Å²) < 4.78 is 30.4. The molecule has 0 aliphatic carbocycles. The van der Waals surface area contributed by atoms with Crippen LogP contribution in [0.2, 0.25) is 0 Å². The normalized spacial score (nSPS) is 46.0. The van der Waals surface area contributed by atoms with Crippen LogP contribution in [0.4, 0.5) is 0 Å². The second-order valence-corrected chi connectivity index (χ2v) is 7.40. The van der Waals surface area contributed by atoms with Crippen molar-refractivity contribution in [3.8, 4) is 0 Å². The number of rotatable bonds is 7. The largest absolute Gasteiger partial charge is 0.469 e. The number of hydrogen-bond acceptors (Lipinski definition) is 12. The monoisotopic (exact) mass is 422 g/mol. The van der Waals surface area contributed by atoms with Gasteiger partial charge in [0.15, 0.2) is 6.29 Å². The lowest BCUT2D eigenvalue weighted by molar-refractivity contribution is -0.383. The van der Waals surface area contributed by atoms with Gasteiger partial charge in [-0.15, -0.1) is 0 Å². The number of phosphoric acid groups is 1. The molecule has 9 atom stereocenters. The Kier molecular flexibility index (Phi) is 7.33. The summed E-state index contributed by atoms with van der Waals surface area (Å²) in [6.45, 7) is -2.74. The summed E-state index contributed by atoms with van der Waals surface area (Å²) in [4.78, 5) is 17.4. The molecule has 2 rings (SSSR count). The van der Waals surface area contributed by atoms with E-state index in [1.165, 1.54) is 0 Å². The Morgan fingerprint density at radius 3 is 2.07 bits per heavy atom. The minimum absolute atomic E-state index is 0.762. The van der Waals surface area contributed by atoms with E-state index in [1.807, 2.05) is 0 Å². The Morgan fingerprint density at radius 1 is 0.926 bits per heavy atom. The molecule has 0 spiro atoms. The van der Waals surface area contributed by atoms with Gasteiger partial charge >= 0.3 is 7.82 Å². The minimum atomic E-state index is -4.92. The molecule has 2 aliphatic heterocycles. The predicted molar refractivity (Wildman–Crippen MR) is 79.6 cm³/mol. The average Bonchev–Trinajstić information content (AvgIpc) is 2.85. The van der Waals surface area contributed by atoms with Gasteiger partial charge in [0.05, 0.1) is 13.2 Å². The molecular weight excluding hydrogens is 399 g/mol. The standard InChI is InChI=1S/C12H23O14P/c13-1-4-6(15)8(17)9(18)11(24-4)26-12(3-14)10(19)7(16)5(25-12)2-23-27(20,21)22/h4-11,13-19H,1-3H2,(H2,20,21,22)/t4-,5-,6-,7-,8+,9+,10+,11-,12+/m1/s1. The second-order valence-electron chi connectivity index (χ2n) is 6.16. The molecule has 2 fully saturated rings. The fraction of sp³-hybridized carbons (Fsp3) is 1.00. The maximum absolute atomic E-state index is 10.8. The molecule has 0 unspecified atom stereocenters. The molecule has 0 aromatic rings. The van der Waals surface area contributed by atoms with Crippen LogP contribution in [-0.2, 0) is 23.3 Å². The van der Waals surface area contributed by atoms with Gasteiger partial charge in [-0.2, -0.15) is 0 Å². The second kappa shape index (κ2) is 8.61. The average molecular weight is 422 g/mol. The Bertz CT molecular complexity index is 540. The van der Waals surface area contributed by atoms with Crippen molar-refractivity contribution in [2.24, 2.45) is 0 Å². The SMILES string of the molecule is O=P(O)(O)OC[C@H]1O[C@@](CO)(O[C@H]2O[C@H](CO)[C@@H](O)[C@H](O)[C@@H]2O)[C@@H](O)[C@@H]1O. The molecule has 0 amide bonds. The summed E-state index contributed by atoms with van der Waals surface area (Å²) in [5.74, 6) is -2.42. The van der Waals surface area contributed by atoms with E-state index in [1.54, 1.807) is 0 Å². The summed E-state index contributed by atoms with van der Waals surface area (Å²) in [6.07, 6.45) is -13.9. The van der Waals surface area contributed by atoms with Crippen LogP contribution in [0.3, 0.4) is 0 Å². The number of aliphatic hydroxyl groups excluding tert-OH is 7. The lowest BCUT2D eigenvalue weighted by atomic mass is 9.99. The van der Waals surface area contributed by atoms with Crippen LogP contribution in [0.25, 0.3) is 0 Å². The number of phosphoric ester groups is 1. The van der Waals surface area contributed by atoms with Crippen molar-refractivity contribution >= 4 is 7.82 Å².